The largest absolute Gasteiger partial charge is 0.353 e. The van der Waals surface area contributed by atoms with Crippen LogP contribution >= 0.6 is 11.8 Å². The van der Waals surface area contributed by atoms with Gasteiger partial charge >= 0.3 is 0 Å². The average Bonchev–Trinajstić information content (AvgIpc) is 3.48. The lowest BCUT2D eigenvalue weighted by Crippen LogP contribution is -2.40. The molecule has 0 spiro atoms. The van der Waals surface area contributed by atoms with E-state index < -0.39 is 0 Å². The SMILES string of the molecule is C[C@@H](NC(=O)CSc1nnc(-c2ccccc2)c(-c2ccccc2)n1)[C@H]1C[C@@H]2CC[C@@H]1C2. The highest BCUT2D eigenvalue weighted by molar-refractivity contribution is 7.99. The molecule has 0 aliphatic heterocycles. The molecule has 1 amide bonds. The van der Waals surface area contributed by atoms with Gasteiger partial charge in [-0.25, -0.2) is 4.98 Å². The predicted octanol–water partition coefficient (Wildman–Crippen LogP) is 5.24. The van der Waals surface area contributed by atoms with Crippen LogP contribution in [-0.4, -0.2) is 32.9 Å². The Balaban J connectivity index is 1.28. The van der Waals surface area contributed by atoms with Crippen molar-refractivity contribution in [1.82, 2.24) is 20.5 Å². The monoisotopic (exact) mass is 444 g/mol. The van der Waals surface area contributed by atoms with E-state index in [2.05, 4.69) is 22.4 Å². The van der Waals surface area contributed by atoms with Crippen LogP contribution in [0.4, 0.5) is 0 Å². The van der Waals surface area contributed by atoms with Crippen molar-refractivity contribution in [2.24, 2.45) is 17.8 Å². The van der Waals surface area contributed by atoms with Crippen LogP contribution in [0.1, 0.15) is 32.6 Å². The van der Waals surface area contributed by atoms with Crippen LogP contribution in [0, 0.1) is 17.8 Å². The molecule has 2 aliphatic carbocycles. The lowest BCUT2D eigenvalue weighted by atomic mass is 9.84. The van der Waals surface area contributed by atoms with E-state index in [-0.39, 0.29) is 11.9 Å². The minimum absolute atomic E-state index is 0.0438. The quantitative estimate of drug-likeness (QED) is 0.505. The van der Waals surface area contributed by atoms with Gasteiger partial charge in [0.1, 0.15) is 11.4 Å². The summed E-state index contributed by atoms with van der Waals surface area (Å²) >= 11 is 1.34. The van der Waals surface area contributed by atoms with E-state index in [1.54, 1.807) is 0 Å². The molecule has 1 aromatic heterocycles. The first-order valence-corrected chi connectivity index (χ1v) is 12.4. The minimum atomic E-state index is 0.0438. The van der Waals surface area contributed by atoms with Crippen LogP contribution in [0.2, 0.25) is 0 Å². The Morgan fingerprint density at radius 3 is 2.28 bits per heavy atom. The number of carbonyl (C=O) groups excluding carboxylic acids is 1. The molecule has 2 aliphatic rings. The number of hydrogen-bond acceptors (Lipinski definition) is 5. The molecule has 6 heteroatoms. The molecule has 2 fully saturated rings. The second-order valence-electron chi connectivity index (χ2n) is 9.01. The Hall–Kier alpha value is -2.73. The van der Waals surface area contributed by atoms with Gasteiger partial charge in [-0.05, 0) is 43.9 Å². The second-order valence-corrected chi connectivity index (χ2v) is 9.95. The summed E-state index contributed by atoms with van der Waals surface area (Å²) in [4.78, 5) is 17.4. The van der Waals surface area contributed by atoms with E-state index in [1.807, 2.05) is 60.7 Å². The van der Waals surface area contributed by atoms with Gasteiger partial charge in [-0.3, -0.25) is 4.79 Å². The summed E-state index contributed by atoms with van der Waals surface area (Å²) in [5.41, 5.74) is 3.48. The molecule has 2 saturated carbocycles. The van der Waals surface area contributed by atoms with Crippen molar-refractivity contribution in [3.05, 3.63) is 60.7 Å². The average molecular weight is 445 g/mol. The summed E-state index contributed by atoms with van der Waals surface area (Å²) in [5.74, 6) is 2.66. The smallest absolute Gasteiger partial charge is 0.230 e. The number of nitrogens with one attached hydrogen (secondary N) is 1. The summed E-state index contributed by atoms with van der Waals surface area (Å²) in [6.45, 7) is 2.16. The van der Waals surface area contributed by atoms with Gasteiger partial charge in [0.15, 0.2) is 0 Å². The normalized spacial score (nSPS) is 22.6. The van der Waals surface area contributed by atoms with Gasteiger partial charge in [-0.1, -0.05) is 78.8 Å². The first-order chi connectivity index (χ1) is 15.7. The Labute approximate surface area is 193 Å². The molecule has 4 atom stereocenters. The molecule has 0 radical (unpaired) electrons. The van der Waals surface area contributed by atoms with E-state index in [4.69, 9.17) is 4.98 Å². The Morgan fingerprint density at radius 1 is 0.969 bits per heavy atom. The highest BCUT2D eigenvalue weighted by Crippen LogP contribution is 2.49. The van der Waals surface area contributed by atoms with E-state index in [0.717, 1.165) is 34.4 Å². The third kappa shape index (κ3) is 4.56. The van der Waals surface area contributed by atoms with Crippen molar-refractivity contribution < 1.29 is 4.79 Å². The van der Waals surface area contributed by atoms with Crippen molar-refractivity contribution in [3.8, 4) is 22.5 Å². The van der Waals surface area contributed by atoms with E-state index in [0.29, 0.717) is 16.8 Å². The zero-order chi connectivity index (χ0) is 21.9. The zero-order valence-corrected chi connectivity index (χ0v) is 19.1. The second kappa shape index (κ2) is 9.41. The Bertz CT molecular complexity index is 1080. The highest BCUT2D eigenvalue weighted by Gasteiger charge is 2.42. The molecule has 0 unspecified atom stereocenters. The van der Waals surface area contributed by atoms with Gasteiger partial charge in [-0.15, -0.1) is 10.2 Å². The van der Waals surface area contributed by atoms with Crippen LogP contribution in [0.25, 0.3) is 22.5 Å². The number of benzene rings is 2. The number of thioether (sulfide) groups is 1. The summed E-state index contributed by atoms with van der Waals surface area (Å²) in [6, 6.07) is 20.2. The van der Waals surface area contributed by atoms with Gasteiger partial charge in [0.25, 0.3) is 0 Å². The van der Waals surface area contributed by atoms with E-state index in [1.165, 1.54) is 37.4 Å². The van der Waals surface area contributed by atoms with Gasteiger partial charge < -0.3 is 5.32 Å². The maximum Gasteiger partial charge on any atom is 0.230 e. The van der Waals surface area contributed by atoms with Crippen LogP contribution in [0.3, 0.4) is 0 Å². The summed E-state index contributed by atoms with van der Waals surface area (Å²) in [7, 11) is 0. The number of aromatic nitrogens is 3. The fraction of sp³-hybridized carbons (Fsp3) is 0.385. The molecule has 5 nitrogen and oxygen atoms in total. The van der Waals surface area contributed by atoms with Crippen LogP contribution < -0.4 is 5.32 Å². The molecule has 164 valence electrons. The molecule has 0 saturated heterocycles. The molecule has 1 N–H and O–H groups in total. The maximum atomic E-state index is 12.6. The first-order valence-electron chi connectivity index (χ1n) is 11.4. The number of rotatable bonds is 7. The van der Waals surface area contributed by atoms with Crippen LogP contribution in [0.15, 0.2) is 65.8 Å². The molecule has 2 aromatic carbocycles. The lowest BCUT2D eigenvalue weighted by Gasteiger charge is -2.28. The predicted molar refractivity (Wildman–Crippen MR) is 128 cm³/mol. The van der Waals surface area contributed by atoms with Crippen molar-refractivity contribution in [2.45, 2.75) is 43.8 Å². The Morgan fingerprint density at radius 2 is 1.66 bits per heavy atom. The maximum absolute atomic E-state index is 12.6. The van der Waals surface area contributed by atoms with Crippen molar-refractivity contribution >= 4 is 17.7 Å². The lowest BCUT2D eigenvalue weighted by molar-refractivity contribution is -0.119. The molecule has 2 bridgehead atoms. The highest BCUT2D eigenvalue weighted by atomic mass is 32.2. The third-order valence-corrected chi connectivity index (χ3v) is 7.76. The molecule has 1 heterocycles. The summed E-state index contributed by atoms with van der Waals surface area (Å²) in [6.07, 6.45) is 5.34. The van der Waals surface area contributed by atoms with Gasteiger partial charge in [0.05, 0.1) is 5.75 Å². The van der Waals surface area contributed by atoms with Crippen molar-refractivity contribution in [1.29, 1.82) is 0 Å². The van der Waals surface area contributed by atoms with Crippen molar-refractivity contribution in [2.75, 3.05) is 5.75 Å². The molecular weight excluding hydrogens is 416 g/mol. The molecule has 3 aromatic rings. The van der Waals surface area contributed by atoms with Crippen LogP contribution in [-0.2, 0) is 4.79 Å². The Kier molecular flexibility index (Phi) is 6.21. The summed E-state index contributed by atoms with van der Waals surface area (Å²) in [5, 5.41) is 12.6. The fourth-order valence-electron chi connectivity index (χ4n) is 5.40. The summed E-state index contributed by atoms with van der Waals surface area (Å²) < 4.78 is 0. The first kappa shape index (κ1) is 21.1. The van der Waals surface area contributed by atoms with E-state index in [9.17, 15) is 4.79 Å². The standard InChI is InChI=1S/C26H28N4OS/c1-17(22-15-18-12-13-21(22)14-18)27-23(31)16-32-26-28-24(19-8-4-2-5-9-19)25(29-30-26)20-10-6-3-7-11-20/h2-11,17-18,21-22H,12-16H2,1H3,(H,27,31)/t17-,18-,21-,22-/m1/s1. The van der Waals surface area contributed by atoms with E-state index >= 15 is 0 Å². The number of fused-ring (bicyclic) bond motifs is 2. The zero-order valence-electron chi connectivity index (χ0n) is 18.3. The molecule has 5 rings (SSSR count). The number of hydrogen-bond donors (Lipinski definition) is 1. The topological polar surface area (TPSA) is 67.8 Å². The van der Waals surface area contributed by atoms with Crippen molar-refractivity contribution in [3.63, 3.8) is 0 Å². The van der Waals surface area contributed by atoms with Crippen LogP contribution in [0.5, 0.6) is 0 Å². The third-order valence-electron chi connectivity index (χ3n) is 6.92. The van der Waals surface area contributed by atoms with Gasteiger partial charge in [-0.2, -0.15) is 0 Å². The number of amides is 1. The molecule has 32 heavy (non-hydrogen) atoms. The minimum Gasteiger partial charge on any atom is -0.353 e. The number of nitrogens with zero attached hydrogens (tertiary/aromatic N) is 3. The van der Waals surface area contributed by atoms with Gasteiger partial charge in [0, 0.05) is 17.2 Å². The molecular formula is C26H28N4OS. The van der Waals surface area contributed by atoms with Gasteiger partial charge in [0.2, 0.25) is 11.1 Å². The number of carbonyl (C=O) groups is 1. The fourth-order valence-corrected chi connectivity index (χ4v) is 6.00.